The van der Waals surface area contributed by atoms with Gasteiger partial charge in [0.05, 0.1) is 23.3 Å². The first-order chi connectivity index (χ1) is 9.92. The summed E-state index contributed by atoms with van der Waals surface area (Å²) in [5, 5.41) is 10.7. The zero-order valence-electron chi connectivity index (χ0n) is 11.3. The van der Waals surface area contributed by atoms with Gasteiger partial charge in [-0.3, -0.25) is 10.1 Å². The van der Waals surface area contributed by atoms with E-state index in [-0.39, 0.29) is 29.5 Å². The van der Waals surface area contributed by atoms with Gasteiger partial charge in [0.25, 0.3) is 5.69 Å². The summed E-state index contributed by atoms with van der Waals surface area (Å²) in [4.78, 5) is 25.6. The molecule has 0 saturated heterocycles. The SMILES string of the molecule is CCOC(=O)c1oc(-c2cc(F)cc([N+](=O)[O-])c2)nc1C. The van der Waals surface area contributed by atoms with Crippen LogP contribution in [0.15, 0.2) is 22.6 Å². The molecule has 110 valence electrons. The first-order valence-electron chi connectivity index (χ1n) is 6.02. The molecule has 0 aliphatic carbocycles. The molecule has 1 aromatic heterocycles. The summed E-state index contributed by atoms with van der Waals surface area (Å²) in [6.45, 7) is 3.33. The lowest BCUT2D eigenvalue weighted by Crippen LogP contribution is -2.04. The van der Waals surface area contributed by atoms with Crippen molar-refractivity contribution in [3.05, 3.63) is 45.6 Å². The van der Waals surface area contributed by atoms with Crippen molar-refractivity contribution in [1.82, 2.24) is 4.98 Å². The lowest BCUT2D eigenvalue weighted by molar-refractivity contribution is -0.385. The van der Waals surface area contributed by atoms with E-state index in [1.165, 1.54) is 6.92 Å². The third-order valence-corrected chi connectivity index (χ3v) is 2.60. The molecule has 7 nitrogen and oxygen atoms in total. The fourth-order valence-electron chi connectivity index (χ4n) is 1.71. The van der Waals surface area contributed by atoms with Crippen LogP contribution in [0.4, 0.5) is 10.1 Å². The van der Waals surface area contributed by atoms with Gasteiger partial charge in [0.1, 0.15) is 5.82 Å². The number of non-ortho nitro benzene ring substituents is 1. The number of ether oxygens (including phenoxy) is 1. The Bertz CT molecular complexity index is 711. The molecular weight excluding hydrogens is 283 g/mol. The Morgan fingerprint density at radius 1 is 1.48 bits per heavy atom. The van der Waals surface area contributed by atoms with E-state index in [4.69, 9.17) is 9.15 Å². The van der Waals surface area contributed by atoms with E-state index in [9.17, 15) is 19.3 Å². The van der Waals surface area contributed by atoms with E-state index in [2.05, 4.69) is 4.98 Å². The van der Waals surface area contributed by atoms with Crippen LogP contribution in [0.5, 0.6) is 0 Å². The molecule has 1 aromatic carbocycles. The first-order valence-corrected chi connectivity index (χ1v) is 6.02. The Hall–Kier alpha value is -2.77. The van der Waals surface area contributed by atoms with Crippen LogP contribution in [0.1, 0.15) is 23.2 Å². The van der Waals surface area contributed by atoms with Gasteiger partial charge in [-0.1, -0.05) is 0 Å². The second-order valence-electron chi connectivity index (χ2n) is 4.11. The van der Waals surface area contributed by atoms with E-state index in [1.54, 1.807) is 6.92 Å². The molecule has 0 amide bonds. The Morgan fingerprint density at radius 2 is 2.19 bits per heavy atom. The largest absolute Gasteiger partial charge is 0.460 e. The number of oxazole rings is 1. The minimum absolute atomic E-state index is 0.0698. The standard InChI is InChI=1S/C13H11FN2O5/c1-3-20-13(17)11-7(2)15-12(21-11)8-4-9(14)6-10(5-8)16(18)19/h4-6H,3H2,1-2H3. The lowest BCUT2D eigenvalue weighted by atomic mass is 10.2. The number of aromatic nitrogens is 1. The number of benzene rings is 1. The molecule has 0 aliphatic heterocycles. The van der Waals surface area contributed by atoms with Crippen molar-refractivity contribution in [2.45, 2.75) is 13.8 Å². The third kappa shape index (κ3) is 3.04. The Labute approximate surface area is 118 Å². The second kappa shape index (κ2) is 5.70. The van der Waals surface area contributed by atoms with Crippen LogP contribution in [0.3, 0.4) is 0 Å². The summed E-state index contributed by atoms with van der Waals surface area (Å²) in [6, 6.07) is 2.93. The van der Waals surface area contributed by atoms with Crippen LogP contribution in [-0.4, -0.2) is 22.5 Å². The molecular formula is C13H11FN2O5. The number of nitro groups is 1. The highest BCUT2D eigenvalue weighted by Gasteiger charge is 2.21. The molecule has 2 rings (SSSR count). The summed E-state index contributed by atoms with van der Waals surface area (Å²) in [5.41, 5.74) is -0.103. The molecule has 0 fully saturated rings. The topological polar surface area (TPSA) is 95.5 Å². The molecule has 0 atom stereocenters. The number of esters is 1. The van der Waals surface area contributed by atoms with Gasteiger partial charge in [0.2, 0.25) is 11.7 Å². The van der Waals surface area contributed by atoms with Crippen LogP contribution in [0.25, 0.3) is 11.5 Å². The molecule has 2 aromatic rings. The summed E-state index contributed by atoms with van der Waals surface area (Å²) in [6.07, 6.45) is 0. The van der Waals surface area contributed by atoms with E-state index in [1.807, 2.05) is 0 Å². The average molecular weight is 294 g/mol. The van der Waals surface area contributed by atoms with E-state index in [0.717, 1.165) is 18.2 Å². The third-order valence-electron chi connectivity index (χ3n) is 2.60. The van der Waals surface area contributed by atoms with Gasteiger partial charge in [0.15, 0.2) is 0 Å². The smallest absolute Gasteiger partial charge is 0.376 e. The number of hydrogen-bond donors (Lipinski definition) is 0. The first kappa shape index (κ1) is 14.6. The fourth-order valence-corrected chi connectivity index (χ4v) is 1.71. The highest BCUT2D eigenvalue weighted by Crippen LogP contribution is 2.27. The molecule has 0 unspecified atom stereocenters. The van der Waals surface area contributed by atoms with Crippen molar-refractivity contribution in [2.75, 3.05) is 6.61 Å². The Balaban J connectivity index is 2.46. The molecule has 8 heteroatoms. The predicted molar refractivity (Wildman–Crippen MR) is 69.2 cm³/mol. The molecule has 1 heterocycles. The second-order valence-corrected chi connectivity index (χ2v) is 4.11. The molecule has 0 aliphatic rings. The number of nitro benzene ring substituents is 1. The molecule has 0 radical (unpaired) electrons. The van der Waals surface area contributed by atoms with Gasteiger partial charge in [0, 0.05) is 11.6 Å². The van der Waals surface area contributed by atoms with Gasteiger partial charge in [-0.2, -0.15) is 0 Å². The maximum atomic E-state index is 13.4. The van der Waals surface area contributed by atoms with E-state index in [0.29, 0.717) is 0 Å². The molecule has 0 bridgehead atoms. The minimum atomic E-state index is -0.798. The van der Waals surface area contributed by atoms with Gasteiger partial charge < -0.3 is 9.15 Å². The van der Waals surface area contributed by atoms with Gasteiger partial charge >= 0.3 is 5.97 Å². The van der Waals surface area contributed by atoms with Gasteiger partial charge in [-0.15, -0.1) is 0 Å². The highest BCUT2D eigenvalue weighted by atomic mass is 19.1. The number of carbonyl (C=O) groups is 1. The van der Waals surface area contributed by atoms with Crippen LogP contribution < -0.4 is 0 Å². The fraction of sp³-hybridized carbons (Fsp3) is 0.231. The monoisotopic (exact) mass is 294 g/mol. The summed E-state index contributed by atoms with van der Waals surface area (Å²) in [7, 11) is 0. The summed E-state index contributed by atoms with van der Waals surface area (Å²) < 4.78 is 23.4. The predicted octanol–water partition coefficient (Wildman–Crippen LogP) is 2.87. The van der Waals surface area contributed by atoms with Crippen molar-refractivity contribution < 1.29 is 23.3 Å². The number of hydrogen-bond acceptors (Lipinski definition) is 6. The van der Waals surface area contributed by atoms with Crippen molar-refractivity contribution in [3.63, 3.8) is 0 Å². The number of nitrogens with zero attached hydrogens (tertiary/aromatic N) is 2. The van der Waals surface area contributed by atoms with Crippen LogP contribution >= 0.6 is 0 Å². The van der Waals surface area contributed by atoms with Crippen molar-refractivity contribution in [2.24, 2.45) is 0 Å². The minimum Gasteiger partial charge on any atom is -0.460 e. The average Bonchev–Trinajstić information content (AvgIpc) is 2.80. The number of halogens is 1. The van der Waals surface area contributed by atoms with Gasteiger partial charge in [-0.25, -0.2) is 14.2 Å². The molecule has 21 heavy (non-hydrogen) atoms. The van der Waals surface area contributed by atoms with Crippen molar-refractivity contribution >= 4 is 11.7 Å². The summed E-state index contributed by atoms with van der Waals surface area (Å²) in [5.74, 6) is -1.69. The van der Waals surface area contributed by atoms with Crippen LogP contribution in [0, 0.1) is 22.9 Å². The Morgan fingerprint density at radius 3 is 2.81 bits per heavy atom. The van der Waals surface area contributed by atoms with Crippen LogP contribution in [0.2, 0.25) is 0 Å². The quantitative estimate of drug-likeness (QED) is 0.488. The molecule has 0 N–H and O–H groups in total. The highest BCUT2D eigenvalue weighted by molar-refractivity contribution is 5.88. The normalized spacial score (nSPS) is 10.4. The number of rotatable bonds is 4. The number of aryl methyl sites for hydroxylation is 1. The van der Waals surface area contributed by atoms with Crippen LogP contribution in [-0.2, 0) is 4.74 Å². The van der Waals surface area contributed by atoms with E-state index >= 15 is 0 Å². The Kier molecular flexibility index (Phi) is 3.97. The lowest BCUT2D eigenvalue weighted by Gasteiger charge is -1.98. The zero-order valence-corrected chi connectivity index (χ0v) is 11.3. The maximum Gasteiger partial charge on any atom is 0.376 e. The molecule has 0 spiro atoms. The van der Waals surface area contributed by atoms with Gasteiger partial charge in [-0.05, 0) is 19.9 Å². The maximum absolute atomic E-state index is 13.4. The van der Waals surface area contributed by atoms with Crippen molar-refractivity contribution in [1.29, 1.82) is 0 Å². The van der Waals surface area contributed by atoms with E-state index < -0.39 is 22.4 Å². The zero-order chi connectivity index (χ0) is 15.6. The number of carbonyl (C=O) groups excluding carboxylic acids is 1. The molecule has 0 saturated carbocycles. The van der Waals surface area contributed by atoms with Crippen molar-refractivity contribution in [3.8, 4) is 11.5 Å². The summed E-state index contributed by atoms with van der Waals surface area (Å²) >= 11 is 0.